The zero-order chi connectivity index (χ0) is 14.1. The fraction of sp³-hybridized carbons (Fsp3) is 0. The molecule has 0 aliphatic rings. The van der Waals surface area contributed by atoms with Crippen molar-refractivity contribution in [3.8, 4) is 28.7 Å². The highest BCUT2D eigenvalue weighted by atomic mass is 16.5. The lowest BCUT2D eigenvalue weighted by Crippen LogP contribution is -1.85. The Kier molecular flexibility index (Phi) is 2.84. The van der Waals surface area contributed by atoms with Crippen LogP contribution in [0, 0.1) is 0 Å². The highest BCUT2D eigenvalue weighted by Gasteiger charge is 2.08. The molecule has 4 nitrogen and oxygen atoms in total. The number of ether oxygens (including phenoxy) is 1. The smallest absolute Gasteiger partial charge is 0.131 e. The standard InChI is InChI=1S/C16H12O4/c17-10-4-6-11(7-5-10)20-12-8-14-13(16(19)9-12)2-1-3-15(14)18/h1-9,17-19H. The third-order valence-corrected chi connectivity index (χ3v) is 3.00. The van der Waals surface area contributed by atoms with Crippen LogP contribution in [0.5, 0.6) is 28.7 Å². The van der Waals surface area contributed by atoms with Gasteiger partial charge < -0.3 is 20.1 Å². The molecule has 0 unspecified atom stereocenters. The van der Waals surface area contributed by atoms with Crippen LogP contribution in [0.15, 0.2) is 54.6 Å². The number of phenols is 3. The summed E-state index contributed by atoms with van der Waals surface area (Å²) in [7, 11) is 0. The van der Waals surface area contributed by atoms with E-state index in [9.17, 15) is 15.3 Å². The van der Waals surface area contributed by atoms with Gasteiger partial charge in [-0.05, 0) is 36.4 Å². The predicted molar refractivity (Wildman–Crippen MR) is 75.5 cm³/mol. The Labute approximate surface area is 115 Å². The maximum atomic E-state index is 9.97. The molecule has 0 heterocycles. The molecule has 0 saturated heterocycles. The van der Waals surface area contributed by atoms with Gasteiger partial charge in [0.15, 0.2) is 0 Å². The Morgan fingerprint density at radius 2 is 1.40 bits per heavy atom. The third kappa shape index (κ3) is 2.19. The fourth-order valence-corrected chi connectivity index (χ4v) is 2.03. The summed E-state index contributed by atoms with van der Waals surface area (Å²) in [6, 6.07) is 14.3. The van der Waals surface area contributed by atoms with Gasteiger partial charge in [-0.15, -0.1) is 0 Å². The second-order valence-corrected chi connectivity index (χ2v) is 4.41. The first-order valence-corrected chi connectivity index (χ1v) is 6.05. The number of phenolic OH excluding ortho intramolecular Hbond substituents is 3. The molecule has 0 aliphatic carbocycles. The van der Waals surface area contributed by atoms with Gasteiger partial charge in [0.25, 0.3) is 0 Å². The van der Waals surface area contributed by atoms with Gasteiger partial charge in [0, 0.05) is 16.8 Å². The third-order valence-electron chi connectivity index (χ3n) is 3.00. The summed E-state index contributed by atoms with van der Waals surface area (Å²) < 4.78 is 5.60. The van der Waals surface area contributed by atoms with Gasteiger partial charge in [-0.25, -0.2) is 0 Å². The highest BCUT2D eigenvalue weighted by Crippen LogP contribution is 2.36. The summed E-state index contributed by atoms with van der Waals surface area (Å²) >= 11 is 0. The van der Waals surface area contributed by atoms with Gasteiger partial charge in [0.1, 0.15) is 28.7 Å². The van der Waals surface area contributed by atoms with Crippen LogP contribution in [-0.2, 0) is 0 Å². The van der Waals surface area contributed by atoms with Gasteiger partial charge in [0.2, 0.25) is 0 Å². The van der Waals surface area contributed by atoms with Crippen LogP contribution in [0.4, 0.5) is 0 Å². The van der Waals surface area contributed by atoms with Crippen molar-refractivity contribution < 1.29 is 20.1 Å². The van der Waals surface area contributed by atoms with Crippen molar-refractivity contribution in [2.45, 2.75) is 0 Å². The minimum atomic E-state index is 0.0344. The van der Waals surface area contributed by atoms with Crippen molar-refractivity contribution in [3.63, 3.8) is 0 Å². The molecule has 0 spiro atoms. The second kappa shape index (κ2) is 4.66. The molecule has 0 fully saturated rings. The number of aromatic hydroxyl groups is 3. The first-order chi connectivity index (χ1) is 9.63. The molecule has 100 valence electrons. The molecule has 0 aliphatic heterocycles. The van der Waals surface area contributed by atoms with E-state index in [2.05, 4.69) is 0 Å². The summed E-state index contributed by atoms with van der Waals surface area (Å²) in [5.74, 6) is 1.19. The summed E-state index contributed by atoms with van der Waals surface area (Å²) in [5.41, 5.74) is 0. The van der Waals surface area contributed by atoms with Crippen molar-refractivity contribution in [1.82, 2.24) is 0 Å². The molecule has 0 aromatic heterocycles. The summed E-state index contributed by atoms with van der Waals surface area (Å²) in [6.45, 7) is 0. The normalized spacial score (nSPS) is 10.6. The minimum absolute atomic E-state index is 0.0344. The molecule has 4 heteroatoms. The number of hydrogen-bond donors (Lipinski definition) is 3. The van der Waals surface area contributed by atoms with E-state index in [4.69, 9.17) is 4.74 Å². The van der Waals surface area contributed by atoms with Crippen LogP contribution in [-0.4, -0.2) is 15.3 Å². The predicted octanol–water partition coefficient (Wildman–Crippen LogP) is 3.75. The number of hydrogen-bond acceptors (Lipinski definition) is 4. The lowest BCUT2D eigenvalue weighted by molar-refractivity contribution is 0.453. The van der Waals surface area contributed by atoms with Crippen molar-refractivity contribution in [1.29, 1.82) is 0 Å². The average Bonchev–Trinajstić information content (AvgIpc) is 2.43. The summed E-state index contributed by atoms with van der Waals surface area (Å²) in [5, 5.41) is 30.1. The highest BCUT2D eigenvalue weighted by molar-refractivity contribution is 5.93. The Morgan fingerprint density at radius 1 is 0.650 bits per heavy atom. The largest absolute Gasteiger partial charge is 0.508 e. The molecular weight excluding hydrogens is 256 g/mol. The molecule has 0 amide bonds. The first-order valence-electron chi connectivity index (χ1n) is 6.05. The van der Waals surface area contributed by atoms with Crippen molar-refractivity contribution in [2.75, 3.05) is 0 Å². The maximum Gasteiger partial charge on any atom is 0.131 e. The van der Waals surface area contributed by atoms with Crippen molar-refractivity contribution in [3.05, 3.63) is 54.6 Å². The van der Waals surface area contributed by atoms with Gasteiger partial charge in [-0.2, -0.15) is 0 Å². The molecule has 3 aromatic carbocycles. The topological polar surface area (TPSA) is 69.9 Å². The molecule has 0 atom stereocenters. The van der Waals surface area contributed by atoms with Gasteiger partial charge in [0.05, 0.1) is 0 Å². The number of benzene rings is 3. The number of rotatable bonds is 2. The van der Waals surface area contributed by atoms with E-state index in [1.807, 2.05) is 0 Å². The monoisotopic (exact) mass is 268 g/mol. The van der Waals surface area contributed by atoms with Crippen molar-refractivity contribution >= 4 is 10.8 Å². The zero-order valence-corrected chi connectivity index (χ0v) is 10.4. The molecule has 3 N–H and O–H groups in total. The number of fused-ring (bicyclic) bond motifs is 1. The Morgan fingerprint density at radius 3 is 2.15 bits per heavy atom. The van der Waals surface area contributed by atoms with Crippen LogP contribution < -0.4 is 4.74 Å². The van der Waals surface area contributed by atoms with Gasteiger partial charge in [-0.1, -0.05) is 12.1 Å². The van der Waals surface area contributed by atoms with Gasteiger partial charge in [-0.3, -0.25) is 0 Å². The van der Waals surface area contributed by atoms with E-state index in [0.29, 0.717) is 22.3 Å². The van der Waals surface area contributed by atoms with E-state index in [-0.39, 0.29) is 17.2 Å². The fourth-order valence-electron chi connectivity index (χ4n) is 2.03. The zero-order valence-electron chi connectivity index (χ0n) is 10.4. The van der Waals surface area contributed by atoms with Crippen molar-refractivity contribution in [2.24, 2.45) is 0 Å². The lowest BCUT2D eigenvalue weighted by Gasteiger charge is -2.09. The molecule has 3 aromatic rings. The lowest BCUT2D eigenvalue weighted by atomic mass is 10.1. The summed E-state index contributed by atoms with van der Waals surface area (Å²) in [4.78, 5) is 0. The summed E-state index contributed by atoms with van der Waals surface area (Å²) in [6.07, 6.45) is 0. The molecule has 0 radical (unpaired) electrons. The van der Waals surface area contributed by atoms with E-state index < -0.39 is 0 Å². The Hall–Kier alpha value is -2.88. The SMILES string of the molecule is Oc1ccc(Oc2cc(O)c3cccc(O)c3c2)cc1. The molecule has 3 rings (SSSR count). The molecule has 0 saturated carbocycles. The van der Waals surface area contributed by atoms with E-state index in [1.54, 1.807) is 36.4 Å². The van der Waals surface area contributed by atoms with Crippen LogP contribution in [0.2, 0.25) is 0 Å². The van der Waals surface area contributed by atoms with Gasteiger partial charge >= 0.3 is 0 Å². The Bertz CT molecular complexity index is 763. The van der Waals surface area contributed by atoms with E-state index >= 15 is 0 Å². The molecular formula is C16H12O4. The molecule has 20 heavy (non-hydrogen) atoms. The Balaban J connectivity index is 2.04. The first kappa shape index (κ1) is 12.2. The van der Waals surface area contributed by atoms with Crippen LogP contribution in [0.3, 0.4) is 0 Å². The second-order valence-electron chi connectivity index (χ2n) is 4.41. The minimum Gasteiger partial charge on any atom is -0.508 e. The quantitative estimate of drug-likeness (QED) is 0.662. The maximum absolute atomic E-state index is 9.97. The van der Waals surface area contributed by atoms with E-state index in [1.165, 1.54) is 18.2 Å². The average molecular weight is 268 g/mol. The van der Waals surface area contributed by atoms with Crippen LogP contribution in [0.1, 0.15) is 0 Å². The molecule has 0 bridgehead atoms. The van der Waals surface area contributed by atoms with Crippen LogP contribution >= 0.6 is 0 Å². The van der Waals surface area contributed by atoms with E-state index in [0.717, 1.165) is 0 Å². The van der Waals surface area contributed by atoms with Crippen LogP contribution in [0.25, 0.3) is 10.8 Å².